The first-order valence-electron chi connectivity index (χ1n) is 11.1. The summed E-state index contributed by atoms with van der Waals surface area (Å²) in [7, 11) is -4.05. The highest BCUT2D eigenvalue weighted by Gasteiger charge is 2.51. The lowest BCUT2D eigenvalue weighted by atomic mass is 9.94. The molecule has 0 radical (unpaired) electrons. The highest BCUT2D eigenvalue weighted by molar-refractivity contribution is 7.89. The Hall–Kier alpha value is -3.56. The van der Waals surface area contributed by atoms with Crippen LogP contribution in [0.4, 0.5) is 10.1 Å². The number of halogens is 1. The van der Waals surface area contributed by atoms with Gasteiger partial charge in [0.25, 0.3) is 0 Å². The number of aryl methyl sites for hydroxylation is 1. The van der Waals surface area contributed by atoms with E-state index in [-0.39, 0.29) is 18.0 Å². The van der Waals surface area contributed by atoms with E-state index in [0.29, 0.717) is 5.69 Å². The van der Waals surface area contributed by atoms with E-state index in [9.17, 15) is 22.4 Å². The van der Waals surface area contributed by atoms with Crippen LogP contribution >= 0.6 is 0 Å². The smallest absolute Gasteiger partial charge is 0.247 e. The van der Waals surface area contributed by atoms with E-state index in [1.807, 2.05) is 37.3 Å². The molecule has 0 saturated carbocycles. The quantitative estimate of drug-likeness (QED) is 0.569. The third kappa shape index (κ3) is 4.96. The zero-order chi connectivity index (χ0) is 25.2. The lowest BCUT2D eigenvalue weighted by molar-refractivity contribution is -0.133. The van der Waals surface area contributed by atoms with Gasteiger partial charge in [-0.15, -0.1) is 0 Å². The second-order valence-corrected chi connectivity index (χ2v) is 10.7. The predicted molar refractivity (Wildman–Crippen MR) is 131 cm³/mol. The van der Waals surface area contributed by atoms with Gasteiger partial charge in [-0.25, -0.2) is 12.8 Å². The maximum atomic E-state index is 13.6. The fourth-order valence-electron chi connectivity index (χ4n) is 4.16. The second-order valence-electron chi connectivity index (χ2n) is 8.73. The molecule has 182 valence electrons. The molecule has 1 aliphatic rings. The maximum absolute atomic E-state index is 13.6. The number of carbonyl (C=O) groups excluding carboxylic acids is 2. The van der Waals surface area contributed by atoms with E-state index < -0.39 is 39.7 Å². The van der Waals surface area contributed by atoms with Crippen molar-refractivity contribution in [3.05, 3.63) is 95.8 Å². The average molecular weight is 496 g/mol. The number of benzene rings is 3. The molecule has 9 heteroatoms. The number of carbonyl (C=O) groups is 2. The summed E-state index contributed by atoms with van der Waals surface area (Å²) >= 11 is 0. The normalized spacial score (nSPS) is 18.9. The minimum atomic E-state index is -4.05. The number of piperazine rings is 1. The van der Waals surface area contributed by atoms with Gasteiger partial charge in [0.2, 0.25) is 21.8 Å². The van der Waals surface area contributed by atoms with E-state index >= 15 is 0 Å². The summed E-state index contributed by atoms with van der Waals surface area (Å²) in [5.74, 6) is -1.60. The van der Waals surface area contributed by atoms with Crippen LogP contribution in [0.2, 0.25) is 0 Å². The van der Waals surface area contributed by atoms with Gasteiger partial charge in [0.1, 0.15) is 11.4 Å². The Morgan fingerprint density at radius 3 is 2.26 bits per heavy atom. The first-order valence-corrected chi connectivity index (χ1v) is 12.5. The van der Waals surface area contributed by atoms with Crippen molar-refractivity contribution in [2.45, 2.75) is 30.8 Å². The van der Waals surface area contributed by atoms with Gasteiger partial charge in [-0.1, -0.05) is 48.0 Å². The van der Waals surface area contributed by atoms with Gasteiger partial charge in [-0.2, -0.15) is 4.31 Å². The predicted octanol–water partition coefficient (Wildman–Crippen LogP) is 3.25. The fourth-order valence-corrected chi connectivity index (χ4v) is 5.64. The van der Waals surface area contributed by atoms with Crippen molar-refractivity contribution < 1.29 is 22.4 Å². The van der Waals surface area contributed by atoms with Crippen molar-refractivity contribution >= 4 is 27.5 Å². The molecule has 0 bridgehead atoms. The Labute approximate surface area is 204 Å². The number of amides is 2. The average Bonchev–Trinajstić information content (AvgIpc) is 2.84. The topological polar surface area (TPSA) is 86.8 Å². The fraction of sp³-hybridized carbons (Fsp3) is 0.231. The molecule has 7 nitrogen and oxygen atoms in total. The van der Waals surface area contributed by atoms with Crippen molar-refractivity contribution in [1.82, 2.24) is 9.62 Å². The molecule has 1 saturated heterocycles. The molecule has 3 aromatic carbocycles. The van der Waals surface area contributed by atoms with Crippen LogP contribution in [0.5, 0.6) is 0 Å². The number of nitrogens with zero attached hydrogens (tertiary/aromatic N) is 2. The summed E-state index contributed by atoms with van der Waals surface area (Å²) in [6.07, 6.45) is 0. The molecule has 1 atom stereocenters. The van der Waals surface area contributed by atoms with E-state index in [0.717, 1.165) is 15.4 Å². The van der Waals surface area contributed by atoms with Gasteiger partial charge in [-0.3, -0.25) is 14.5 Å². The van der Waals surface area contributed by atoms with Crippen LogP contribution in [0.3, 0.4) is 0 Å². The van der Waals surface area contributed by atoms with Crippen LogP contribution in [0.1, 0.15) is 18.1 Å². The van der Waals surface area contributed by atoms with Crippen molar-refractivity contribution in [1.29, 1.82) is 0 Å². The van der Waals surface area contributed by atoms with Crippen LogP contribution in [0, 0.1) is 12.7 Å². The Morgan fingerprint density at radius 1 is 1.00 bits per heavy atom. The van der Waals surface area contributed by atoms with Crippen LogP contribution in [0.15, 0.2) is 83.8 Å². The van der Waals surface area contributed by atoms with Gasteiger partial charge < -0.3 is 5.32 Å². The van der Waals surface area contributed by atoms with Crippen LogP contribution in [-0.2, 0) is 26.2 Å². The third-order valence-electron chi connectivity index (χ3n) is 6.07. The van der Waals surface area contributed by atoms with Crippen molar-refractivity contribution in [2.24, 2.45) is 0 Å². The van der Waals surface area contributed by atoms with Gasteiger partial charge in [-0.05, 0) is 55.8 Å². The summed E-state index contributed by atoms with van der Waals surface area (Å²) in [4.78, 5) is 28.2. The van der Waals surface area contributed by atoms with E-state index in [1.54, 1.807) is 12.1 Å². The zero-order valence-electron chi connectivity index (χ0n) is 19.4. The summed E-state index contributed by atoms with van der Waals surface area (Å²) in [6.45, 7) is 2.84. The number of hydrogen-bond acceptors (Lipinski definition) is 4. The second kappa shape index (κ2) is 9.59. The summed E-state index contributed by atoms with van der Waals surface area (Å²) < 4.78 is 41.4. The highest BCUT2D eigenvalue weighted by Crippen LogP contribution is 2.32. The molecule has 0 spiro atoms. The molecule has 1 heterocycles. The molecular formula is C26H26FN3O4S. The third-order valence-corrected chi connectivity index (χ3v) is 7.87. The van der Waals surface area contributed by atoms with E-state index in [4.69, 9.17) is 0 Å². The summed E-state index contributed by atoms with van der Waals surface area (Å²) in [5.41, 5.74) is 0.469. The van der Waals surface area contributed by atoms with Gasteiger partial charge in [0, 0.05) is 18.8 Å². The largest absolute Gasteiger partial charge is 0.350 e. The Bertz CT molecular complexity index is 1330. The van der Waals surface area contributed by atoms with Crippen molar-refractivity contribution in [3.63, 3.8) is 0 Å². The molecule has 35 heavy (non-hydrogen) atoms. The SMILES string of the molecule is Cc1ccc(S(=O)(=O)N2CC(=O)N(c3ccc(F)cc3)[C@](C)(C(=O)NCc3ccccc3)C2)cc1. The molecule has 3 aromatic rings. The lowest BCUT2D eigenvalue weighted by Gasteiger charge is -2.46. The van der Waals surface area contributed by atoms with Crippen molar-refractivity contribution in [3.8, 4) is 0 Å². The van der Waals surface area contributed by atoms with Crippen LogP contribution < -0.4 is 10.2 Å². The minimum Gasteiger partial charge on any atom is -0.350 e. The molecule has 1 N–H and O–H groups in total. The Balaban J connectivity index is 1.70. The Morgan fingerprint density at radius 2 is 1.63 bits per heavy atom. The van der Waals surface area contributed by atoms with Crippen LogP contribution in [-0.4, -0.2) is 43.2 Å². The summed E-state index contributed by atoms with van der Waals surface area (Å²) in [5, 5.41) is 2.83. The number of rotatable bonds is 6. The van der Waals surface area contributed by atoms with Crippen molar-refractivity contribution in [2.75, 3.05) is 18.0 Å². The molecule has 2 amide bonds. The molecule has 0 aromatic heterocycles. The first-order chi connectivity index (χ1) is 16.6. The van der Waals surface area contributed by atoms with Gasteiger partial charge in [0.05, 0.1) is 11.4 Å². The van der Waals surface area contributed by atoms with E-state index in [2.05, 4.69) is 5.32 Å². The molecule has 1 aliphatic heterocycles. The monoisotopic (exact) mass is 495 g/mol. The maximum Gasteiger partial charge on any atom is 0.247 e. The first kappa shape index (κ1) is 24.6. The van der Waals surface area contributed by atoms with E-state index in [1.165, 1.54) is 48.2 Å². The molecule has 4 rings (SSSR count). The number of sulfonamides is 1. The number of anilines is 1. The number of nitrogens with one attached hydrogen (secondary N) is 1. The highest BCUT2D eigenvalue weighted by atomic mass is 32.2. The standard InChI is InChI=1S/C26H26FN3O4S/c1-19-8-14-23(15-9-19)35(33,34)29-17-24(31)30(22-12-10-21(27)11-13-22)26(2,18-29)25(32)28-16-20-6-4-3-5-7-20/h3-15H,16-18H2,1-2H3,(H,28,32)/t26-/m0/s1. The lowest BCUT2D eigenvalue weighted by Crippen LogP contribution is -2.70. The molecule has 1 fully saturated rings. The molecule has 0 unspecified atom stereocenters. The van der Waals surface area contributed by atoms with Gasteiger partial charge >= 0.3 is 0 Å². The number of hydrogen-bond donors (Lipinski definition) is 1. The minimum absolute atomic E-state index is 0.0400. The Kier molecular flexibility index (Phi) is 6.73. The zero-order valence-corrected chi connectivity index (χ0v) is 20.3. The van der Waals surface area contributed by atoms with Crippen LogP contribution in [0.25, 0.3) is 0 Å². The molecule has 0 aliphatic carbocycles. The van der Waals surface area contributed by atoms with Gasteiger partial charge in [0.15, 0.2) is 0 Å². The molecular weight excluding hydrogens is 469 g/mol. The summed E-state index contributed by atoms with van der Waals surface area (Å²) in [6, 6.07) is 20.7.